The number of amides is 3. The van der Waals surface area contributed by atoms with Crippen molar-refractivity contribution < 1.29 is 45.9 Å². The van der Waals surface area contributed by atoms with Gasteiger partial charge >= 0.3 is 12.1 Å². The Balaban J connectivity index is 2.20. The normalized spacial score (nSPS) is 13.2. The minimum atomic E-state index is -4.99. The van der Waals surface area contributed by atoms with Crippen molar-refractivity contribution in [1.82, 2.24) is 16.0 Å². The minimum Gasteiger partial charge on any atom is -0.484 e. The molecule has 0 radical (unpaired) electrons. The molecule has 224 valence electrons. The molecule has 8 nitrogen and oxygen atoms in total. The third-order valence-electron chi connectivity index (χ3n) is 5.43. The molecule has 2 aromatic rings. The van der Waals surface area contributed by atoms with E-state index in [1.807, 2.05) is 0 Å². The summed E-state index contributed by atoms with van der Waals surface area (Å²) in [6.07, 6.45) is -5.13. The number of hydrogen-bond donors (Lipinski definition) is 3. The summed E-state index contributed by atoms with van der Waals surface area (Å²) < 4.78 is 71.5. The zero-order valence-electron chi connectivity index (χ0n) is 21.7. The standard InChI is InChI=1S/C26H26Cl2F5N3O5/c1-14(2)21(22(38)26(32,33)24(40)34-13-25(29,30)31)36-23(39)19(8-15-6-4-3-5-7-15)35-20(37)12-41-18-10-16(27)9-17(28)11-18/h3-7,9-11,14,19,21H,8,12-13H2,1-2H3,(H,34,40)(H,35,37)(H,36,39)/t19-,21-/m0/s1. The van der Waals surface area contributed by atoms with Gasteiger partial charge in [0.05, 0.1) is 6.04 Å². The SMILES string of the molecule is CC(C)[C@H](NC(=O)[C@H](Cc1ccccc1)NC(=O)COc1cc(Cl)cc(Cl)c1)C(=O)C(F)(F)C(=O)NCC(F)(F)F. The second-order valence-corrected chi connectivity index (χ2v) is 10.0. The number of rotatable bonds is 13. The van der Waals surface area contributed by atoms with Crippen LogP contribution in [0.2, 0.25) is 10.0 Å². The Labute approximate surface area is 241 Å². The van der Waals surface area contributed by atoms with Gasteiger partial charge in [-0.1, -0.05) is 67.4 Å². The van der Waals surface area contributed by atoms with Crippen LogP contribution in [-0.4, -0.2) is 60.8 Å². The summed E-state index contributed by atoms with van der Waals surface area (Å²) in [5, 5.41) is 5.95. The van der Waals surface area contributed by atoms with Gasteiger partial charge in [-0.2, -0.15) is 22.0 Å². The highest BCUT2D eigenvalue weighted by Gasteiger charge is 2.52. The molecule has 0 aliphatic carbocycles. The van der Waals surface area contributed by atoms with Gasteiger partial charge in [-0.3, -0.25) is 19.2 Å². The van der Waals surface area contributed by atoms with Crippen LogP contribution in [-0.2, 0) is 25.6 Å². The second-order valence-electron chi connectivity index (χ2n) is 9.17. The molecule has 0 unspecified atom stereocenters. The summed E-state index contributed by atoms with van der Waals surface area (Å²) in [5.41, 5.74) is 0.555. The van der Waals surface area contributed by atoms with Crippen molar-refractivity contribution in [2.24, 2.45) is 5.92 Å². The average Bonchev–Trinajstić information content (AvgIpc) is 2.87. The Morgan fingerprint density at radius 3 is 2.02 bits per heavy atom. The molecule has 0 aromatic heterocycles. The highest BCUT2D eigenvalue weighted by molar-refractivity contribution is 6.34. The van der Waals surface area contributed by atoms with Crippen LogP contribution in [0.1, 0.15) is 19.4 Å². The maximum absolute atomic E-state index is 14.5. The summed E-state index contributed by atoms with van der Waals surface area (Å²) in [4.78, 5) is 50.1. The zero-order valence-corrected chi connectivity index (χ0v) is 23.2. The zero-order chi connectivity index (χ0) is 31.0. The quantitative estimate of drug-likeness (QED) is 0.229. The molecule has 2 aromatic carbocycles. The summed E-state index contributed by atoms with van der Waals surface area (Å²) in [5.74, 6) is -12.2. The summed E-state index contributed by atoms with van der Waals surface area (Å²) in [7, 11) is 0. The Kier molecular flexibility index (Phi) is 11.9. The number of hydrogen-bond acceptors (Lipinski definition) is 5. The van der Waals surface area contributed by atoms with Gasteiger partial charge in [-0.15, -0.1) is 0 Å². The first-order valence-electron chi connectivity index (χ1n) is 12.0. The van der Waals surface area contributed by atoms with Gasteiger partial charge in [0.1, 0.15) is 18.3 Å². The van der Waals surface area contributed by atoms with Crippen molar-refractivity contribution >= 4 is 46.7 Å². The molecule has 0 aliphatic heterocycles. The predicted molar refractivity (Wildman–Crippen MR) is 140 cm³/mol. The van der Waals surface area contributed by atoms with E-state index in [0.717, 1.165) is 5.32 Å². The van der Waals surface area contributed by atoms with E-state index in [9.17, 15) is 41.1 Å². The Hall–Kier alpha value is -3.45. The number of ether oxygens (including phenoxy) is 1. The molecule has 41 heavy (non-hydrogen) atoms. The number of carbonyl (C=O) groups excluding carboxylic acids is 4. The lowest BCUT2D eigenvalue weighted by molar-refractivity contribution is -0.165. The fourth-order valence-electron chi connectivity index (χ4n) is 3.44. The van der Waals surface area contributed by atoms with Crippen LogP contribution in [0.4, 0.5) is 22.0 Å². The van der Waals surface area contributed by atoms with Crippen LogP contribution in [0.15, 0.2) is 48.5 Å². The van der Waals surface area contributed by atoms with E-state index >= 15 is 0 Å². The number of nitrogens with one attached hydrogen (secondary N) is 3. The Morgan fingerprint density at radius 1 is 0.902 bits per heavy atom. The topological polar surface area (TPSA) is 114 Å². The third-order valence-corrected chi connectivity index (χ3v) is 5.87. The Morgan fingerprint density at radius 2 is 1.49 bits per heavy atom. The molecule has 0 aliphatic rings. The van der Waals surface area contributed by atoms with Crippen molar-refractivity contribution in [3.63, 3.8) is 0 Å². The van der Waals surface area contributed by atoms with E-state index in [4.69, 9.17) is 27.9 Å². The maximum atomic E-state index is 14.5. The molecule has 0 saturated heterocycles. The Bertz CT molecular complexity index is 1230. The van der Waals surface area contributed by atoms with Gasteiger partial charge in [0, 0.05) is 16.5 Å². The van der Waals surface area contributed by atoms with Gasteiger partial charge in [0.15, 0.2) is 6.61 Å². The number of alkyl halides is 5. The van der Waals surface area contributed by atoms with Crippen LogP contribution in [0.3, 0.4) is 0 Å². The van der Waals surface area contributed by atoms with Crippen molar-refractivity contribution in [3.05, 3.63) is 64.1 Å². The molecule has 2 atom stereocenters. The fraction of sp³-hybridized carbons (Fsp3) is 0.385. The lowest BCUT2D eigenvalue weighted by atomic mass is 9.94. The molecular formula is C26H26Cl2F5N3O5. The molecule has 2 rings (SSSR count). The van der Waals surface area contributed by atoms with Crippen LogP contribution >= 0.6 is 23.2 Å². The monoisotopic (exact) mass is 625 g/mol. The number of halogens is 7. The molecule has 15 heteroatoms. The number of benzene rings is 2. The van der Waals surface area contributed by atoms with Crippen molar-refractivity contribution in [3.8, 4) is 5.75 Å². The average molecular weight is 626 g/mol. The summed E-state index contributed by atoms with van der Waals surface area (Å²) in [6, 6.07) is 9.07. The highest BCUT2D eigenvalue weighted by atomic mass is 35.5. The van der Waals surface area contributed by atoms with E-state index in [0.29, 0.717) is 5.56 Å². The van der Waals surface area contributed by atoms with E-state index < -0.39 is 66.8 Å². The molecule has 0 fully saturated rings. The predicted octanol–water partition coefficient (Wildman–Crippen LogP) is 4.12. The molecule has 0 spiro atoms. The van der Waals surface area contributed by atoms with Gasteiger partial charge in [0.2, 0.25) is 11.7 Å². The molecular weight excluding hydrogens is 600 g/mol. The highest BCUT2D eigenvalue weighted by Crippen LogP contribution is 2.24. The van der Waals surface area contributed by atoms with Crippen LogP contribution in [0.5, 0.6) is 5.75 Å². The van der Waals surface area contributed by atoms with Gasteiger partial charge in [0.25, 0.3) is 11.8 Å². The molecule has 0 heterocycles. The minimum absolute atomic E-state index is 0.136. The van der Waals surface area contributed by atoms with Crippen LogP contribution in [0, 0.1) is 5.92 Å². The summed E-state index contributed by atoms with van der Waals surface area (Å²) in [6.45, 7) is -0.121. The molecule has 3 N–H and O–H groups in total. The van der Waals surface area contributed by atoms with Gasteiger partial charge < -0.3 is 20.7 Å². The maximum Gasteiger partial charge on any atom is 0.405 e. The lowest BCUT2D eigenvalue weighted by Crippen LogP contribution is -2.59. The van der Waals surface area contributed by atoms with E-state index in [2.05, 4.69) is 10.6 Å². The molecule has 0 saturated carbocycles. The van der Waals surface area contributed by atoms with E-state index in [-0.39, 0.29) is 22.2 Å². The first-order chi connectivity index (χ1) is 19.0. The fourth-order valence-corrected chi connectivity index (χ4v) is 3.95. The van der Waals surface area contributed by atoms with Crippen molar-refractivity contribution in [2.75, 3.05) is 13.2 Å². The van der Waals surface area contributed by atoms with Crippen LogP contribution in [0.25, 0.3) is 0 Å². The second kappa shape index (κ2) is 14.4. The molecule has 3 amide bonds. The van der Waals surface area contributed by atoms with Crippen LogP contribution < -0.4 is 20.7 Å². The largest absolute Gasteiger partial charge is 0.484 e. The third kappa shape index (κ3) is 10.8. The van der Waals surface area contributed by atoms with Crippen molar-refractivity contribution in [1.29, 1.82) is 0 Å². The summed E-state index contributed by atoms with van der Waals surface area (Å²) >= 11 is 11.8. The van der Waals surface area contributed by atoms with Crippen molar-refractivity contribution in [2.45, 2.75) is 44.5 Å². The van der Waals surface area contributed by atoms with Gasteiger partial charge in [-0.05, 0) is 29.7 Å². The lowest BCUT2D eigenvalue weighted by Gasteiger charge is -2.27. The number of carbonyl (C=O) groups is 4. The first-order valence-corrected chi connectivity index (χ1v) is 12.7. The number of Topliss-reactive ketones (excluding diaryl/α,β-unsaturated/α-hetero) is 1. The smallest absolute Gasteiger partial charge is 0.405 e. The first kappa shape index (κ1) is 33.8. The van der Waals surface area contributed by atoms with Gasteiger partial charge in [-0.25, -0.2) is 0 Å². The number of ketones is 1. The molecule has 0 bridgehead atoms. The van der Waals surface area contributed by atoms with E-state index in [1.54, 1.807) is 30.3 Å². The van der Waals surface area contributed by atoms with E-state index in [1.165, 1.54) is 32.0 Å².